The topological polar surface area (TPSA) is 83.6 Å². The highest BCUT2D eigenvalue weighted by Crippen LogP contribution is 2.35. The molecule has 1 heterocycles. The molecule has 1 unspecified atom stereocenters. The summed E-state index contributed by atoms with van der Waals surface area (Å²) in [5.74, 6) is 1.42. The number of hydrogen-bond acceptors (Lipinski definition) is 3. The van der Waals surface area contributed by atoms with Crippen molar-refractivity contribution in [3.63, 3.8) is 0 Å². The van der Waals surface area contributed by atoms with Crippen LogP contribution in [0.5, 0.6) is 0 Å². The summed E-state index contributed by atoms with van der Waals surface area (Å²) in [6.07, 6.45) is 6.88. The van der Waals surface area contributed by atoms with Crippen LogP contribution in [-0.4, -0.2) is 41.0 Å². The number of carboxylic acids is 1. The highest BCUT2D eigenvalue weighted by Gasteiger charge is 2.41. The largest absolute Gasteiger partial charge is 0.481 e. The van der Waals surface area contributed by atoms with Gasteiger partial charge in [0.2, 0.25) is 5.91 Å². The summed E-state index contributed by atoms with van der Waals surface area (Å²) in [5.41, 5.74) is 4.98. The van der Waals surface area contributed by atoms with Gasteiger partial charge in [0.25, 0.3) is 0 Å². The second kappa shape index (κ2) is 5.87. The first-order valence-corrected chi connectivity index (χ1v) is 6.18. The van der Waals surface area contributed by atoms with Crippen LogP contribution in [0.15, 0.2) is 0 Å². The van der Waals surface area contributed by atoms with Gasteiger partial charge >= 0.3 is 5.97 Å². The lowest BCUT2D eigenvalue weighted by Crippen LogP contribution is -2.50. The van der Waals surface area contributed by atoms with Gasteiger partial charge < -0.3 is 15.7 Å². The maximum absolute atomic E-state index is 11.9. The molecule has 1 amide bonds. The smallest absolute Gasteiger partial charge is 0.309 e. The van der Waals surface area contributed by atoms with Crippen molar-refractivity contribution in [2.75, 3.05) is 13.1 Å². The fraction of sp³-hybridized carbons (Fsp3) is 0.692. The Morgan fingerprint density at radius 3 is 2.44 bits per heavy atom. The van der Waals surface area contributed by atoms with Crippen LogP contribution in [0.25, 0.3) is 0 Å². The van der Waals surface area contributed by atoms with Crippen LogP contribution >= 0.6 is 0 Å². The molecule has 1 rings (SSSR count). The van der Waals surface area contributed by atoms with Crippen LogP contribution in [0.4, 0.5) is 0 Å². The summed E-state index contributed by atoms with van der Waals surface area (Å²) in [5, 5.41) is 9.25. The lowest BCUT2D eigenvalue weighted by molar-refractivity contribution is -0.154. The highest BCUT2D eigenvalue weighted by molar-refractivity contribution is 5.82. The molecular weight excluding hydrogens is 232 g/mol. The predicted molar refractivity (Wildman–Crippen MR) is 67.6 cm³/mol. The monoisotopic (exact) mass is 252 g/mol. The van der Waals surface area contributed by atoms with Crippen molar-refractivity contribution in [2.24, 2.45) is 11.1 Å². The van der Waals surface area contributed by atoms with E-state index in [0.29, 0.717) is 32.4 Å². The number of nitrogens with two attached hydrogens (primary N) is 1. The average Bonchev–Trinajstić information content (AvgIpc) is 2.38. The van der Waals surface area contributed by atoms with Crippen LogP contribution < -0.4 is 5.73 Å². The molecule has 0 aromatic heterocycles. The number of terminal acetylenes is 1. The highest BCUT2D eigenvalue weighted by atomic mass is 16.4. The van der Waals surface area contributed by atoms with E-state index >= 15 is 0 Å². The second-order valence-corrected chi connectivity index (χ2v) is 4.78. The summed E-state index contributed by atoms with van der Waals surface area (Å²) in [6.45, 7) is 2.75. The number of amides is 1. The molecule has 0 spiro atoms. The minimum Gasteiger partial charge on any atom is -0.481 e. The van der Waals surface area contributed by atoms with Gasteiger partial charge in [-0.3, -0.25) is 9.59 Å². The summed E-state index contributed by atoms with van der Waals surface area (Å²) >= 11 is 0. The maximum Gasteiger partial charge on any atom is 0.309 e. The first-order valence-electron chi connectivity index (χ1n) is 6.18. The van der Waals surface area contributed by atoms with Crippen molar-refractivity contribution in [3.05, 3.63) is 0 Å². The third-order valence-electron chi connectivity index (χ3n) is 3.82. The molecule has 1 aliphatic heterocycles. The first-order chi connectivity index (χ1) is 8.46. The molecular formula is C13H20N2O3. The van der Waals surface area contributed by atoms with Gasteiger partial charge in [-0.05, 0) is 19.3 Å². The zero-order valence-corrected chi connectivity index (χ0v) is 10.7. The van der Waals surface area contributed by atoms with Gasteiger partial charge in [-0.25, -0.2) is 0 Å². The van der Waals surface area contributed by atoms with Crippen LogP contribution in [0.2, 0.25) is 0 Å². The standard InChI is InChI=1S/C13H20N2O3/c1-3-5-10(14)11(16)15-8-6-13(4-2,7-9-15)12(17)18/h1,10H,4-9,14H2,2H3,(H,17,18). The number of likely N-dealkylation sites (tertiary alicyclic amines) is 1. The maximum atomic E-state index is 11.9. The van der Waals surface area contributed by atoms with Crippen molar-refractivity contribution in [1.82, 2.24) is 4.90 Å². The number of rotatable bonds is 4. The quantitative estimate of drug-likeness (QED) is 0.711. The molecule has 1 atom stereocenters. The lowest BCUT2D eigenvalue weighted by atomic mass is 9.76. The van der Waals surface area contributed by atoms with E-state index in [9.17, 15) is 14.7 Å². The Morgan fingerprint density at radius 1 is 1.50 bits per heavy atom. The zero-order chi connectivity index (χ0) is 13.8. The zero-order valence-electron chi connectivity index (χ0n) is 10.7. The van der Waals surface area contributed by atoms with Gasteiger partial charge in [-0.15, -0.1) is 12.3 Å². The molecule has 0 saturated carbocycles. The van der Waals surface area contributed by atoms with Crippen LogP contribution in [0, 0.1) is 17.8 Å². The molecule has 18 heavy (non-hydrogen) atoms. The van der Waals surface area contributed by atoms with Gasteiger partial charge in [-0.2, -0.15) is 0 Å². The fourth-order valence-corrected chi connectivity index (χ4v) is 2.32. The van der Waals surface area contributed by atoms with E-state index in [2.05, 4.69) is 5.92 Å². The molecule has 1 saturated heterocycles. The summed E-state index contributed by atoms with van der Waals surface area (Å²) < 4.78 is 0. The lowest BCUT2D eigenvalue weighted by Gasteiger charge is -2.39. The van der Waals surface area contributed by atoms with E-state index in [4.69, 9.17) is 12.2 Å². The van der Waals surface area contributed by atoms with E-state index < -0.39 is 17.4 Å². The Bertz CT molecular complexity index is 365. The molecule has 1 fully saturated rings. The molecule has 0 radical (unpaired) electrons. The third kappa shape index (κ3) is 2.82. The van der Waals surface area contributed by atoms with Gasteiger partial charge in [-0.1, -0.05) is 6.92 Å². The number of hydrogen-bond donors (Lipinski definition) is 2. The predicted octanol–water partition coefficient (Wildman–Crippen LogP) is 0.440. The van der Waals surface area contributed by atoms with Gasteiger partial charge in [0, 0.05) is 19.5 Å². The van der Waals surface area contributed by atoms with Crippen LogP contribution in [0.3, 0.4) is 0 Å². The minimum absolute atomic E-state index is 0.178. The Kier molecular flexibility index (Phi) is 4.74. The molecule has 100 valence electrons. The normalized spacial score (nSPS) is 19.9. The summed E-state index contributed by atoms with van der Waals surface area (Å²) in [6, 6.07) is -0.672. The number of carbonyl (C=O) groups is 2. The number of nitrogens with zero attached hydrogens (tertiary/aromatic N) is 1. The molecule has 0 bridgehead atoms. The van der Waals surface area contributed by atoms with E-state index in [1.165, 1.54) is 0 Å². The fourth-order valence-electron chi connectivity index (χ4n) is 2.32. The van der Waals surface area contributed by atoms with Crippen molar-refractivity contribution in [2.45, 2.75) is 38.6 Å². The van der Waals surface area contributed by atoms with E-state index in [1.807, 2.05) is 6.92 Å². The molecule has 0 aliphatic carbocycles. The second-order valence-electron chi connectivity index (χ2n) is 4.78. The van der Waals surface area contributed by atoms with Crippen molar-refractivity contribution in [3.8, 4) is 12.3 Å². The van der Waals surface area contributed by atoms with Crippen molar-refractivity contribution in [1.29, 1.82) is 0 Å². The van der Waals surface area contributed by atoms with Crippen LogP contribution in [-0.2, 0) is 9.59 Å². The third-order valence-corrected chi connectivity index (χ3v) is 3.82. The SMILES string of the molecule is C#CCC(N)C(=O)N1CCC(CC)(C(=O)O)CC1. The number of carbonyl (C=O) groups excluding carboxylic acids is 1. The molecule has 0 aromatic carbocycles. The average molecular weight is 252 g/mol. The molecule has 0 aromatic rings. The van der Waals surface area contributed by atoms with Crippen molar-refractivity contribution >= 4 is 11.9 Å². The number of aliphatic carboxylic acids is 1. The molecule has 5 nitrogen and oxygen atoms in total. The Morgan fingerprint density at radius 2 is 2.06 bits per heavy atom. The Hall–Kier alpha value is -1.54. The van der Waals surface area contributed by atoms with E-state index in [0.717, 1.165) is 0 Å². The molecule has 1 aliphatic rings. The number of piperidine rings is 1. The van der Waals surface area contributed by atoms with E-state index in [1.54, 1.807) is 4.90 Å². The minimum atomic E-state index is -0.773. The summed E-state index contributed by atoms with van der Waals surface area (Å²) in [7, 11) is 0. The van der Waals surface area contributed by atoms with Crippen molar-refractivity contribution < 1.29 is 14.7 Å². The Balaban J connectivity index is 2.61. The van der Waals surface area contributed by atoms with Gasteiger partial charge in [0.1, 0.15) is 0 Å². The molecule has 5 heteroatoms. The van der Waals surface area contributed by atoms with Crippen LogP contribution in [0.1, 0.15) is 32.6 Å². The first kappa shape index (κ1) is 14.5. The molecule has 3 N–H and O–H groups in total. The van der Waals surface area contributed by atoms with Gasteiger partial charge in [0.15, 0.2) is 0 Å². The van der Waals surface area contributed by atoms with E-state index in [-0.39, 0.29) is 12.3 Å². The Labute approximate surface area is 107 Å². The van der Waals surface area contributed by atoms with Gasteiger partial charge in [0.05, 0.1) is 11.5 Å². The summed E-state index contributed by atoms with van der Waals surface area (Å²) in [4.78, 5) is 24.8. The number of carboxylic acid groups (broad SMARTS) is 1.